The van der Waals surface area contributed by atoms with Crippen molar-refractivity contribution in [2.24, 2.45) is 0 Å². The van der Waals surface area contributed by atoms with Gasteiger partial charge in [-0.1, -0.05) is 12.1 Å². The van der Waals surface area contributed by atoms with Crippen LogP contribution in [-0.4, -0.2) is 21.5 Å². The van der Waals surface area contributed by atoms with Gasteiger partial charge in [0.2, 0.25) is 5.28 Å². The maximum absolute atomic E-state index is 11.1. The second-order valence-electron chi connectivity index (χ2n) is 4.38. The minimum Gasteiger partial charge on any atom is -0.493 e. The quantitative estimate of drug-likeness (QED) is 0.483. The maximum atomic E-state index is 11.1. The molecule has 0 bridgehead atoms. The average Bonchev–Trinajstić information content (AvgIpc) is 2.46. The van der Waals surface area contributed by atoms with E-state index in [2.05, 4.69) is 9.97 Å². The van der Waals surface area contributed by atoms with Crippen molar-refractivity contribution in [3.05, 3.63) is 45.4 Å². The minimum atomic E-state index is -0.520. The summed E-state index contributed by atoms with van der Waals surface area (Å²) < 4.78 is 5.66. The molecule has 0 saturated heterocycles. The summed E-state index contributed by atoms with van der Waals surface area (Å²) in [6, 6.07) is 5.53. The first-order chi connectivity index (χ1) is 9.66. The summed E-state index contributed by atoms with van der Waals surface area (Å²) in [5.74, 6) is 0.650. The van der Waals surface area contributed by atoms with Gasteiger partial charge in [0.1, 0.15) is 11.9 Å². The summed E-state index contributed by atoms with van der Waals surface area (Å²) in [5.41, 5.74) is 1.61. The highest BCUT2D eigenvalue weighted by Crippen LogP contribution is 2.39. The zero-order chi connectivity index (χ0) is 14.1. The van der Waals surface area contributed by atoms with E-state index in [4.69, 9.17) is 16.3 Å². The number of benzene rings is 1. The molecule has 0 aliphatic carbocycles. The molecule has 6 nitrogen and oxygen atoms in total. The fourth-order valence-electron chi connectivity index (χ4n) is 2.26. The van der Waals surface area contributed by atoms with Crippen LogP contribution in [0.3, 0.4) is 0 Å². The third-order valence-electron chi connectivity index (χ3n) is 3.13. The lowest BCUT2D eigenvalue weighted by molar-refractivity contribution is -0.384. The van der Waals surface area contributed by atoms with Crippen molar-refractivity contribution in [2.75, 3.05) is 6.61 Å². The van der Waals surface area contributed by atoms with Crippen LogP contribution in [0.2, 0.25) is 5.28 Å². The van der Waals surface area contributed by atoms with E-state index in [-0.39, 0.29) is 16.7 Å². The van der Waals surface area contributed by atoms with Crippen molar-refractivity contribution in [1.29, 1.82) is 0 Å². The van der Waals surface area contributed by atoms with Gasteiger partial charge in [0.25, 0.3) is 0 Å². The van der Waals surface area contributed by atoms with Crippen LogP contribution >= 0.6 is 11.6 Å². The highest BCUT2D eigenvalue weighted by atomic mass is 35.5. The smallest absolute Gasteiger partial charge is 0.313 e. The van der Waals surface area contributed by atoms with Crippen LogP contribution in [0.15, 0.2) is 24.4 Å². The molecule has 7 heteroatoms. The Morgan fingerprint density at radius 3 is 3.05 bits per heavy atom. The van der Waals surface area contributed by atoms with Gasteiger partial charge < -0.3 is 4.74 Å². The molecule has 2 heterocycles. The number of rotatable bonds is 2. The number of para-hydroxylation sites is 1. The van der Waals surface area contributed by atoms with Gasteiger partial charge in [-0.15, -0.1) is 0 Å². The minimum absolute atomic E-state index is 0.0287. The van der Waals surface area contributed by atoms with E-state index in [1.54, 1.807) is 6.07 Å². The van der Waals surface area contributed by atoms with Crippen molar-refractivity contribution < 1.29 is 9.66 Å². The zero-order valence-corrected chi connectivity index (χ0v) is 11.1. The van der Waals surface area contributed by atoms with Gasteiger partial charge in [-0.05, 0) is 36.1 Å². The largest absolute Gasteiger partial charge is 0.493 e. The molecule has 20 heavy (non-hydrogen) atoms. The molecule has 0 saturated carbocycles. The molecular weight excluding hydrogens is 282 g/mol. The number of nitro groups is 1. The maximum Gasteiger partial charge on any atom is 0.313 e. The van der Waals surface area contributed by atoms with Crippen molar-refractivity contribution in [1.82, 2.24) is 9.97 Å². The molecule has 0 atom stereocenters. The third-order valence-corrected chi connectivity index (χ3v) is 3.31. The topological polar surface area (TPSA) is 78.2 Å². The number of fused-ring (bicyclic) bond motifs is 1. The summed E-state index contributed by atoms with van der Waals surface area (Å²) in [5, 5.41) is 11.1. The Labute approximate surface area is 119 Å². The number of ether oxygens (including phenoxy) is 1. The lowest BCUT2D eigenvalue weighted by atomic mass is 10.00. The predicted molar refractivity (Wildman–Crippen MR) is 72.9 cm³/mol. The number of aromatic nitrogens is 2. The van der Waals surface area contributed by atoms with E-state index < -0.39 is 4.92 Å². The molecule has 3 rings (SSSR count). The molecule has 0 radical (unpaired) electrons. The van der Waals surface area contributed by atoms with Gasteiger partial charge in [-0.3, -0.25) is 10.1 Å². The van der Waals surface area contributed by atoms with Crippen LogP contribution in [0.4, 0.5) is 5.69 Å². The molecule has 0 unspecified atom stereocenters. The first kappa shape index (κ1) is 12.8. The van der Waals surface area contributed by atoms with Crippen molar-refractivity contribution in [3.8, 4) is 17.0 Å². The second kappa shape index (κ2) is 5.05. The Kier molecular flexibility index (Phi) is 3.23. The Morgan fingerprint density at radius 1 is 1.40 bits per heavy atom. The van der Waals surface area contributed by atoms with Gasteiger partial charge in [0, 0.05) is 5.56 Å². The van der Waals surface area contributed by atoms with Gasteiger partial charge in [-0.25, -0.2) is 9.97 Å². The highest BCUT2D eigenvalue weighted by Gasteiger charge is 2.24. The van der Waals surface area contributed by atoms with Crippen LogP contribution in [0.25, 0.3) is 11.3 Å². The first-order valence-electron chi connectivity index (χ1n) is 6.09. The highest BCUT2D eigenvalue weighted by molar-refractivity contribution is 6.28. The van der Waals surface area contributed by atoms with E-state index in [9.17, 15) is 10.1 Å². The van der Waals surface area contributed by atoms with Crippen molar-refractivity contribution in [2.45, 2.75) is 12.8 Å². The fraction of sp³-hybridized carbons (Fsp3) is 0.231. The van der Waals surface area contributed by atoms with Crippen LogP contribution in [0, 0.1) is 10.1 Å². The van der Waals surface area contributed by atoms with E-state index in [0.29, 0.717) is 17.9 Å². The molecule has 0 fully saturated rings. The summed E-state index contributed by atoms with van der Waals surface area (Å²) >= 11 is 5.77. The lowest BCUT2D eigenvalue weighted by Crippen LogP contribution is -2.10. The van der Waals surface area contributed by atoms with Crippen LogP contribution in [0.1, 0.15) is 12.0 Å². The molecule has 0 N–H and O–H groups in total. The molecule has 1 aromatic carbocycles. The van der Waals surface area contributed by atoms with Gasteiger partial charge in [0.05, 0.1) is 11.5 Å². The first-order valence-corrected chi connectivity index (χ1v) is 6.46. The van der Waals surface area contributed by atoms with Crippen molar-refractivity contribution in [3.63, 3.8) is 0 Å². The summed E-state index contributed by atoms with van der Waals surface area (Å²) in [7, 11) is 0. The standard InChI is InChI=1S/C13H10ClN3O3/c14-13-15-7-10(17(18)19)11(16-13)9-5-1-3-8-4-2-6-20-12(8)9/h1,3,5,7H,2,4,6H2. The number of hydrogen-bond donors (Lipinski definition) is 0. The molecule has 0 spiro atoms. The predicted octanol–water partition coefficient (Wildman–Crippen LogP) is 3.03. The SMILES string of the molecule is O=[N+]([O-])c1cnc(Cl)nc1-c1cccc2c1OCCC2. The molecule has 1 aliphatic rings. The van der Waals surface area contributed by atoms with E-state index in [1.165, 1.54) is 0 Å². The van der Waals surface area contributed by atoms with Crippen LogP contribution in [-0.2, 0) is 6.42 Å². The van der Waals surface area contributed by atoms with E-state index >= 15 is 0 Å². The van der Waals surface area contributed by atoms with Gasteiger partial charge in [0.15, 0.2) is 5.69 Å². The summed E-state index contributed by atoms with van der Waals surface area (Å²) in [4.78, 5) is 18.3. The normalized spacial score (nSPS) is 13.4. The van der Waals surface area contributed by atoms with E-state index in [1.807, 2.05) is 12.1 Å². The molecule has 1 aliphatic heterocycles. The molecule has 1 aromatic heterocycles. The van der Waals surface area contributed by atoms with Gasteiger partial charge in [-0.2, -0.15) is 0 Å². The lowest BCUT2D eigenvalue weighted by Gasteiger charge is -2.19. The molecule has 2 aromatic rings. The monoisotopic (exact) mass is 291 g/mol. The Hall–Kier alpha value is -2.21. The number of aryl methyl sites for hydroxylation is 1. The van der Waals surface area contributed by atoms with Crippen molar-refractivity contribution >= 4 is 17.3 Å². The molecular formula is C13H10ClN3O3. The fourth-order valence-corrected chi connectivity index (χ4v) is 2.39. The summed E-state index contributed by atoms with van der Waals surface area (Å²) in [6.45, 7) is 0.594. The van der Waals surface area contributed by atoms with Gasteiger partial charge >= 0.3 is 5.69 Å². The average molecular weight is 292 g/mol. The molecule has 102 valence electrons. The number of nitrogens with zero attached hydrogens (tertiary/aromatic N) is 3. The third kappa shape index (κ3) is 2.18. The Morgan fingerprint density at radius 2 is 2.25 bits per heavy atom. The van der Waals surface area contributed by atoms with Crippen LogP contribution < -0.4 is 4.74 Å². The number of hydrogen-bond acceptors (Lipinski definition) is 5. The number of halogens is 1. The Bertz CT molecular complexity index is 691. The van der Waals surface area contributed by atoms with E-state index in [0.717, 1.165) is 24.6 Å². The zero-order valence-electron chi connectivity index (χ0n) is 10.4. The van der Waals surface area contributed by atoms with Crippen LogP contribution in [0.5, 0.6) is 5.75 Å². The second-order valence-corrected chi connectivity index (χ2v) is 4.71. The summed E-state index contributed by atoms with van der Waals surface area (Å²) in [6.07, 6.45) is 2.94. The Balaban J connectivity index is 2.23. The molecule has 0 amide bonds.